The summed E-state index contributed by atoms with van der Waals surface area (Å²) in [4.78, 5) is 13.1. The molecule has 7 nitrogen and oxygen atoms in total. The molecule has 1 heterocycles. The van der Waals surface area contributed by atoms with Crippen molar-refractivity contribution in [3.05, 3.63) is 60.2 Å². The Kier molecular flexibility index (Phi) is 7.23. The van der Waals surface area contributed by atoms with Crippen molar-refractivity contribution in [3.8, 4) is 5.75 Å². The fourth-order valence-corrected chi connectivity index (χ4v) is 5.25. The number of carbonyl (C=O) groups is 1. The number of amides is 1. The van der Waals surface area contributed by atoms with E-state index in [0.717, 1.165) is 29.0 Å². The summed E-state index contributed by atoms with van der Waals surface area (Å²) in [5.41, 5.74) is 1.30. The lowest BCUT2D eigenvalue weighted by atomic mass is 9.74. The topological polar surface area (TPSA) is 84.9 Å². The van der Waals surface area contributed by atoms with Gasteiger partial charge in [-0.1, -0.05) is 36.4 Å². The SMILES string of the molecule is COc1cccc(N([C@H](C)C(=O)NCC2(c3ccccc3)CCOCC2)S(C)(=O)=O)c1. The molecule has 2 aromatic rings. The lowest BCUT2D eigenvalue weighted by Crippen LogP contribution is -2.51. The molecule has 8 heteroatoms. The van der Waals surface area contributed by atoms with E-state index in [9.17, 15) is 13.2 Å². The predicted octanol–water partition coefficient (Wildman–Crippen LogP) is 2.71. The van der Waals surface area contributed by atoms with Crippen molar-refractivity contribution in [2.45, 2.75) is 31.2 Å². The van der Waals surface area contributed by atoms with Gasteiger partial charge in [0.1, 0.15) is 11.8 Å². The van der Waals surface area contributed by atoms with Gasteiger partial charge in [-0.2, -0.15) is 0 Å². The molecule has 0 bridgehead atoms. The first-order valence-corrected chi connectivity index (χ1v) is 12.2. The summed E-state index contributed by atoms with van der Waals surface area (Å²) in [6.07, 6.45) is 2.68. The normalized spacial score (nSPS) is 16.9. The third-order valence-electron chi connectivity index (χ3n) is 5.83. The molecule has 3 rings (SSSR count). The van der Waals surface area contributed by atoms with Crippen molar-refractivity contribution >= 4 is 21.6 Å². The van der Waals surface area contributed by atoms with Gasteiger partial charge in [-0.05, 0) is 37.5 Å². The van der Waals surface area contributed by atoms with Crippen molar-refractivity contribution < 1.29 is 22.7 Å². The third-order valence-corrected chi connectivity index (χ3v) is 7.08. The van der Waals surface area contributed by atoms with Crippen LogP contribution in [0.4, 0.5) is 5.69 Å². The second-order valence-corrected chi connectivity index (χ2v) is 9.77. The summed E-state index contributed by atoms with van der Waals surface area (Å²) < 4.78 is 37.0. The molecular formula is C23H30N2O5S. The van der Waals surface area contributed by atoms with Crippen molar-refractivity contribution in [3.63, 3.8) is 0 Å². The van der Waals surface area contributed by atoms with E-state index in [1.807, 2.05) is 18.2 Å². The lowest BCUT2D eigenvalue weighted by molar-refractivity contribution is -0.122. The summed E-state index contributed by atoms with van der Waals surface area (Å²) in [5.74, 6) is 0.166. The number of ether oxygens (including phenoxy) is 2. The van der Waals surface area contributed by atoms with Gasteiger partial charge in [0.25, 0.3) is 0 Å². The summed E-state index contributed by atoms with van der Waals surface area (Å²) in [6.45, 7) is 3.26. The van der Waals surface area contributed by atoms with Crippen molar-refractivity contribution in [1.29, 1.82) is 0 Å². The first-order valence-electron chi connectivity index (χ1n) is 10.3. The fourth-order valence-electron chi connectivity index (χ4n) is 4.08. The summed E-state index contributed by atoms with van der Waals surface area (Å²) in [6, 6.07) is 15.8. The minimum Gasteiger partial charge on any atom is -0.497 e. The summed E-state index contributed by atoms with van der Waals surface area (Å²) >= 11 is 0. The van der Waals surface area contributed by atoms with Crippen molar-refractivity contribution in [2.24, 2.45) is 0 Å². The van der Waals surface area contributed by atoms with E-state index in [0.29, 0.717) is 31.2 Å². The Morgan fingerprint density at radius 2 is 1.84 bits per heavy atom. The molecular weight excluding hydrogens is 416 g/mol. The van der Waals surface area contributed by atoms with Gasteiger partial charge in [0.05, 0.1) is 19.1 Å². The Hall–Kier alpha value is -2.58. The number of methoxy groups -OCH3 is 1. The maximum absolute atomic E-state index is 13.1. The zero-order valence-electron chi connectivity index (χ0n) is 18.2. The van der Waals surface area contributed by atoms with Gasteiger partial charge in [-0.25, -0.2) is 8.42 Å². The van der Waals surface area contributed by atoms with Crippen LogP contribution in [0, 0.1) is 0 Å². The van der Waals surface area contributed by atoms with E-state index in [2.05, 4.69) is 17.4 Å². The van der Waals surface area contributed by atoms with Crippen LogP contribution in [0.15, 0.2) is 54.6 Å². The minimum absolute atomic E-state index is 0.235. The Bertz CT molecular complexity index is 988. The van der Waals surface area contributed by atoms with Gasteiger partial charge in [-0.15, -0.1) is 0 Å². The first kappa shape index (κ1) is 23.1. The van der Waals surface area contributed by atoms with Crippen LogP contribution in [0.5, 0.6) is 5.75 Å². The minimum atomic E-state index is -3.70. The highest BCUT2D eigenvalue weighted by Crippen LogP contribution is 2.34. The molecule has 0 aromatic heterocycles. The highest BCUT2D eigenvalue weighted by Gasteiger charge is 2.36. The molecule has 1 aliphatic heterocycles. The number of benzene rings is 2. The summed E-state index contributed by atoms with van der Waals surface area (Å²) in [7, 11) is -2.19. The molecule has 0 unspecified atom stereocenters. The van der Waals surface area contributed by atoms with E-state index in [1.54, 1.807) is 31.2 Å². The molecule has 2 aromatic carbocycles. The quantitative estimate of drug-likeness (QED) is 0.674. The van der Waals surface area contributed by atoms with E-state index in [-0.39, 0.29) is 11.3 Å². The zero-order valence-corrected chi connectivity index (χ0v) is 19.0. The van der Waals surface area contributed by atoms with Gasteiger partial charge >= 0.3 is 0 Å². The molecule has 0 aliphatic carbocycles. The Labute approximate surface area is 184 Å². The molecule has 0 spiro atoms. The molecule has 0 saturated carbocycles. The smallest absolute Gasteiger partial charge is 0.243 e. The van der Waals surface area contributed by atoms with Crippen LogP contribution in [0.3, 0.4) is 0 Å². The molecule has 1 fully saturated rings. The van der Waals surface area contributed by atoms with Crippen LogP contribution in [0.25, 0.3) is 0 Å². The molecule has 1 aliphatic rings. The van der Waals surface area contributed by atoms with Gasteiger partial charge in [0.15, 0.2) is 0 Å². The molecule has 1 N–H and O–H groups in total. The average Bonchev–Trinajstić information content (AvgIpc) is 2.78. The van der Waals surface area contributed by atoms with Crippen LogP contribution in [0.1, 0.15) is 25.3 Å². The number of rotatable bonds is 8. The maximum Gasteiger partial charge on any atom is 0.243 e. The van der Waals surface area contributed by atoms with Gasteiger partial charge in [0.2, 0.25) is 15.9 Å². The van der Waals surface area contributed by atoms with E-state index in [1.165, 1.54) is 7.11 Å². The van der Waals surface area contributed by atoms with Crippen LogP contribution >= 0.6 is 0 Å². The monoisotopic (exact) mass is 446 g/mol. The maximum atomic E-state index is 13.1. The number of hydrogen-bond acceptors (Lipinski definition) is 5. The number of sulfonamides is 1. The molecule has 1 amide bonds. The van der Waals surface area contributed by atoms with E-state index < -0.39 is 16.1 Å². The second-order valence-electron chi connectivity index (χ2n) is 7.91. The van der Waals surface area contributed by atoms with Crippen LogP contribution in [-0.4, -0.2) is 53.5 Å². The number of nitrogens with zero attached hydrogens (tertiary/aromatic N) is 1. The fraction of sp³-hybridized carbons (Fsp3) is 0.435. The summed E-state index contributed by atoms with van der Waals surface area (Å²) in [5, 5.41) is 3.01. The largest absolute Gasteiger partial charge is 0.497 e. The molecule has 0 radical (unpaired) electrons. The highest BCUT2D eigenvalue weighted by atomic mass is 32.2. The van der Waals surface area contributed by atoms with Gasteiger partial charge < -0.3 is 14.8 Å². The van der Waals surface area contributed by atoms with Crippen LogP contribution in [-0.2, 0) is 25.0 Å². The van der Waals surface area contributed by atoms with Crippen molar-refractivity contribution in [1.82, 2.24) is 5.32 Å². The number of anilines is 1. The lowest BCUT2D eigenvalue weighted by Gasteiger charge is -2.38. The molecule has 1 atom stereocenters. The number of hydrogen-bond donors (Lipinski definition) is 1. The zero-order chi connectivity index (χ0) is 22.5. The molecule has 168 valence electrons. The highest BCUT2D eigenvalue weighted by molar-refractivity contribution is 7.92. The average molecular weight is 447 g/mol. The van der Waals surface area contributed by atoms with Crippen LogP contribution < -0.4 is 14.4 Å². The van der Waals surface area contributed by atoms with Crippen molar-refractivity contribution in [2.75, 3.05) is 37.4 Å². The van der Waals surface area contributed by atoms with Crippen LogP contribution in [0.2, 0.25) is 0 Å². The van der Waals surface area contributed by atoms with E-state index >= 15 is 0 Å². The third kappa shape index (κ3) is 5.37. The number of nitrogens with one attached hydrogen (secondary N) is 1. The number of carbonyl (C=O) groups excluding carboxylic acids is 1. The molecule has 31 heavy (non-hydrogen) atoms. The van der Waals surface area contributed by atoms with Gasteiger partial charge in [0, 0.05) is 31.2 Å². The first-order chi connectivity index (χ1) is 14.8. The van der Waals surface area contributed by atoms with E-state index in [4.69, 9.17) is 9.47 Å². The molecule has 1 saturated heterocycles. The predicted molar refractivity (Wildman–Crippen MR) is 121 cm³/mol. The second kappa shape index (κ2) is 9.70. The Balaban J connectivity index is 1.81. The Morgan fingerprint density at radius 1 is 1.16 bits per heavy atom. The van der Waals surface area contributed by atoms with Gasteiger partial charge in [-0.3, -0.25) is 9.10 Å². The Morgan fingerprint density at radius 3 is 2.45 bits per heavy atom. The standard InChI is InChI=1S/C23H30N2O5S/c1-18(25(31(3,27)28)20-10-7-11-21(16-20)29-2)22(26)24-17-23(12-14-30-15-13-23)19-8-5-4-6-9-19/h4-11,16,18H,12-15,17H2,1-3H3,(H,24,26)/t18-/m1/s1.